The van der Waals surface area contributed by atoms with Crippen molar-refractivity contribution >= 4 is 12.3 Å². The molecule has 3 N–H and O–H groups in total. The lowest BCUT2D eigenvalue weighted by atomic mass is 10.4. The molecule has 0 fully saturated rings. The Morgan fingerprint density at radius 2 is 2.40 bits per heavy atom. The summed E-state index contributed by atoms with van der Waals surface area (Å²) in [5.74, 6) is 0. The zero-order chi connectivity index (χ0) is 7.40. The lowest BCUT2D eigenvalue weighted by molar-refractivity contribution is 1.30. The van der Waals surface area contributed by atoms with E-state index in [0.717, 1.165) is 10.6 Å². The first-order chi connectivity index (χ1) is 4.88. The lowest BCUT2D eigenvalue weighted by Gasteiger charge is -1.74. The van der Waals surface area contributed by atoms with Gasteiger partial charge in [0.2, 0.25) is 0 Å². The van der Waals surface area contributed by atoms with Crippen LogP contribution in [0.2, 0.25) is 0 Å². The zero-order valence-corrected chi connectivity index (χ0v) is 5.67. The molecule has 0 aliphatic heterocycles. The first-order valence-corrected chi connectivity index (χ1v) is 3.06. The number of aromatic nitrogens is 1. The van der Waals surface area contributed by atoms with Gasteiger partial charge in [0, 0.05) is 17.6 Å². The molecule has 0 amide bonds. The maximum Gasteiger partial charge on any atom is 0.0611 e. The number of H-pyrrole nitrogens is 1. The van der Waals surface area contributed by atoms with Gasteiger partial charge in [0.05, 0.1) is 5.35 Å². The topological polar surface area (TPSA) is 41.8 Å². The summed E-state index contributed by atoms with van der Waals surface area (Å²) in [5.41, 5.74) is 5.31. The first-order valence-electron chi connectivity index (χ1n) is 3.06. The second-order valence-corrected chi connectivity index (χ2v) is 1.92. The van der Waals surface area contributed by atoms with Crippen LogP contribution in [0.15, 0.2) is 24.9 Å². The third-order valence-electron chi connectivity index (χ3n) is 1.28. The van der Waals surface area contributed by atoms with Gasteiger partial charge in [0.1, 0.15) is 0 Å². The summed E-state index contributed by atoms with van der Waals surface area (Å²) in [6, 6.07) is 1.94. The van der Waals surface area contributed by atoms with Crippen LogP contribution in [0.3, 0.4) is 0 Å². The average Bonchev–Trinajstić information content (AvgIpc) is 2.36. The maximum absolute atomic E-state index is 5.31. The lowest BCUT2D eigenvalue weighted by Crippen LogP contribution is -2.23. The molecule has 0 saturated carbocycles. The van der Waals surface area contributed by atoms with Crippen LogP contribution in [0, 0.1) is 0 Å². The molecule has 2 heteroatoms. The van der Waals surface area contributed by atoms with Crippen molar-refractivity contribution < 1.29 is 0 Å². The van der Waals surface area contributed by atoms with Crippen LogP contribution in [0.25, 0.3) is 12.3 Å². The number of aromatic amines is 1. The van der Waals surface area contributed by atoms with Gasteiger partial charge in [0.25, 0.3) is 0 Å². The van der Waals surface area contributed by atoms with Gasteiger partial charge in [-0.2, -0.15) is 0 Å². The van der Waals surface area contributed by atoms with E-state index >= 15 is 0 Å². The fourth-order valence-electron chi connectivity index (χ4n) is 0.811. The highest BCUT2D eigenvalue weighted by atomic mass is 14.7. The summed E-state index contributed by atoms with van der Waals surface area (Å²) in [7, 11) is 0. The van der Waals surface area contributed by atoms with Gasteiger partial charge in [-0.25, -0.2) is 0 Å². The normalized spacial score (nSPS) is 14.0. The molecule has 0 atom stereocenters. The van der Waals surface area contributed by atoms with E-state index in [1.807, 2.05) is 18.3 Å². The van der Waals surface area contributed by atoms with Crippen LogP contribution in [0.5, 0.6) is 0 Å². The van der Waals surface area contributed by atoms with Gasteiger partial charge in [-0.05, 0) is 6.07 Å². The summed E-state index contributed by atoms with van der Waals surface area (Å²) in [6.45, 7) is 3.59. The number of nitrogens with one attached hydrogen (secondary N) is 1. The summed E-state index contributed by atoms with van der Waals surface area (Å²) in [5, 5.41) is 2.00. The van der Waals surface area contributed by atoms with Crippen LogP contribution in [0.4, 0.5) is 0 Å². The van der Waals surface area contributed by atoms with E-state index in [1.165, 1.54) is 6.20 Å². The molecule has 0 aliphatic rings. The highest BCUT2D eigenvalue weighted by molar-refractivity contribution is 5.36. The molecular formula is C8H10N2. The van der Waals surface area contributed by atoms with E-state index in [1.54, 1.807) is 6.08 Å². The second kappa shape index (κ2) is 2.92. The summed E-state index contributed by atoms with van der Waals surface area (Å²) in [6.07, 6.45) is 7.01. The molecule has 0 radical (unpaired) electrons. The maximum atomic E-state index is 5.31. The first kappa shape index (κ1) is 6.68. The van der Waals surface area contributed by atoms with E-state index < -0.39 is 0 Å². The summed E-state index contributed by atoms with van der Waals surface area (Å²) < 4.78 is 0. The van der Waals surface area contributed by atoms with Crippen LogP contribution >= 0.6 is 0 Å². The Bertz CT molecular complexity index is 319. The molecule has 2 nitrogen and oxygen atoms in total. The van der Waals surface area contributed by atoms with Gasteiger partial charge in [-0.3, -0.25) is 0 Å². The molecule has 0 unspecified atom stereocenters. The average molecular weight is 134 g/mol. The molecule has 1 aromatic heterocycles. The molecule has 0 spiro atoms. The van der Waals surface area contributed by atoms with Gasteiger partial charge in [-0.15, -0.1) is 0 Å². The third-order valence-corrected chi connectivity index (χ3v) is 1.28. The van der Waals surface area contributed by atoms with Crippen molar-refractivity contribution in [2.45, 2.75) is 0 Å². The van der Waals surface area contributed by atoms with Crippen molar-refractivity contribution in [3.05, 3.63) is 35.5 Å². The van der Waals surface area contributed by atoms with Gasteiger partial charge in [0.15, 0.2) is 0 Å². The molecular weight excluding hydrogens is 124 g/mol. The Kier molecular flexibility index (Phi) is 1.95. The minimum absolute atomic E-state index is 0.930. The van der Waals surface area contributed by atoms with E-state index in [9.17, 15) is 0 Å². The van der Waals surface area contributed by atoms with Crippen molar-refractivity contribution in [3.8, 4) is 0 Å². The largest absolute Gasteiger partial charge is 0.403 e. The van der Waals surface area contributed by atoms with Crippen LogP contribution in [-0.2, 0) is 0 Å². The quantitative estimate of drug-likeness (QED) is 0.543. The van der Waals surface area contributed by atoms with Crippen molar-refractivity contribution in [2.24, 2.45) is 5.73 Å². The molecule has 0 aromatic carbocycles. The van der Waals surface area contributed by atoms with Gasteiger partial charge in [-0.1, -0.05) is 18.7 Å². The van der Waals surface area contributed by atoms with Crippen molar-refractivity contribution in [2.75, 3.05) is 0 Å². The Morgan fingerprint density at radius 1 is 1.60 bits per heavy atom. The van der Waals surface area contributed by atoms with Crippen molar-refractivity contribution in [1.29, 1.82) is 0 Å². The number of hydrogen-bond acceptors (Lipinski definition) is 1. The Hall–Kier alpha value is -1.44. The van der Waals surface area contributed by atoms with Crippen LogP contribution < -0.4 is 16.3 Å². The van der Waals surface area contributed by atoms with E-state index in [2.05, 4.69) is 11.6 Å². The minimum atomic E-state index is 0.930. The smallest absolute Gasteiger partial charge is 0.0611 e. The predicted octanol–water partition coefficient (Wildman–Crippen LogP) is -0.322. The number of nitrogens with two attached hydrogens (primary N) is 1. The standard InChI is InChI=1S/C8H10N2/c1-2-3-7-4-5-10-8(7)6-9/h2-6,10H,1,9H2/b7-3-,8-6+. The minimum Gasteiger partial charge on any atom is -0.403 e. The van der Waals surface area contributed by atoms with E-state index in [0.29, 0.717) is 0 Å². The fraction of sp³-hybridized carbons (Fsp3) is 0. The predicted molar refractivity (Wildman–Crippen MR) is 43.4 cm³/mol. The molecule has 1 rings (SSSR count). The zero-order valence-electron chi connectivity index (χ0n) is 5.67. The SMILES string of the molecule is C=C/C=c1/cc[nH]/c1=C/N. The monoisotopic (exact) mass is 134 g/mol. The van der Waals surface area contributed by atoms with Crippen LogP contribution in [0.1, 0.15) is 0 Å². The van der Waals surface area contributed by atoms with Crippen molar-refractivity contribution in [3.63, 3.8) is 0 Å². The molecule has 0 bridgehead atoms. The molecule has 1 heterocycles. The van der Waals surface area contributed by atoms with Crippen molar-refractivity contribution in [1.82, 2.24) is 4.98 Å². The Labute approximate surface area is 59.4 Å². The molecule has 10 heavy (non-hydrogen) atoms. The Morgan fingerprint density at radius 3 is 3.00 bits per heavy atom. The number of rotatable bonds is 1. The summed E-state index contributed by atoms with van der Waals surface area (Å²) >= 11 is 0. The number of hydrogen-bond donors (Lipinski definition) is 2. The highest BCUT2D eigenvalue weighted by Crippen LogP contribution is 1.65. The Balaban J connectivity index is 3.41. The fourth-order valence-corrected chi connectivity index (χ4v) is 0.811. The second-order valence-electron chi connectivity index (χ2n) is 1.92. The molecule has 0 saturated heterocycles. The third kappa shape index (κ3) is 1.10. The summed E-state index contributed by atoms with van der Waals surface area (Å²) in [4.78, 5) is 2.98. The van der Waals surface area contributed by atoms with E-state index in [-0.39, 0.29) is 0 Å². The number of allylic oxidation sites excluding steroid dienone is 1. The highest BCUT2D eigenvalue weighted by Gasteiger charge is 1.79. The molecule has 52 valence electrons. The molecule has 1 aromatic rings. The van der Waals surface area contributed by atoms with Crippen LogP contribution in [-0.4, -0.2) is 4.98 Å². The van der Waals surface area contributed by atoms with Gasteiger partial charge >= 0.3 is 0 Å². The van der Waals surface area contributed by atoms with E-state index in [4.69, 9.17) is 5.73 Å². The van der Waals surface area contributed by atoms with Gasteiger partial charge < -0.3 is 10.7 Å². The molecule has 0 aliphatic carbocycles.